The molecule has 1 aromatic carbocycles. The summed E-state index contributed by atoms with van der Waals surface area (Å²) in [6.45, 7) is 1.99. The van der Waals surface area contributed by atoms with Gasteiger partial charge in [-0.15, -0.1) is 11.6 Å². The van der Waals surface area contributed by atoms with E-state index in [0.717, 1.165) is 29.7 Å². The summed E-state index contributed by atoms with van der Waals surface area (Å²) < 4.78 is 12.0. The van der Waals surface area contributed by atoms with Crippen LogP contribution in [0.5, 0.6) is 0 Å². The Hall–Kier alpha value is -0.850. The fraction of sp³-hybridized carbons (Fsp3) is 0.500. The second kappa shape index (κ2) is 5.42. The van der Waals surface area contributed by atoms with Crippen molar-refractivity contribution in [1.29, 1.82) is 5.26 Å². The van der Waals surface area contributed by atoms with E-state index in [0.29, 0.717) is 6.42 Å². The fourth-order valence-corrected chi connectivity index (χ4v) is 4.31. The molecule has 2 nitrogen and oxygen atoms in total. The van der Waals surface area contributed by atoms with Crippen molar-refractivity contribution in [2.75, 3.05) is 0 Å². The molecule has 0 radical (unpaired) electrons. The molecule has 0 amide bonds. The van der Waals surface area contributed by atoms with E-state index < -0.39 is 15.5 Å². The topological polar surface area (TPSA) is 40.9 Å². The number of nitriles is 1. The molecule has 0 bridgehead atoms. The van der Waals surface area contributed by atoms with Gasteiger partial charge in [0.15, 0.2) is 0 Å². The predicted molar refractivity (Wildman–Crippen MR) is 73.7 cm³/mol. The average molecular weight is 282 g/mol. The van der Waals surface area contributed by atoms with Crippen molar-refractivity contribution in [1.82, 2.24) is 0 Å². The van der Waals surface area contributed by atoms with Crippen molar-refractivity contribution in [2.45, 2.75) is 42.2 Å². The zero-order valence-corrected chi connectivity index (χ0v) is 11.9. The van der Waals surface area contributed by atoms with E-state index in [9.17, 15) is 4.21 Å². The van der Waals surface area contributed by atoms with E-state index in [1.165, 1.54) is 0 Å². The minimum absolute atomic E-state index is 0.244. The molecule has 96 valence electrons. The maximum Gasteiger partial charge on any atom is 0.120 e. The van der Waals surface area contributed by atoms with Gasteiger partial charge in [-0.1, -0.05) is 24.1 Å². The zero-order chi connectivity index (χ0) is 13.2. The quantitative estimate of drug-likeness (QED) is 0.789. The molecule has 1 aliphatic rings. The van der Waals surface area contributed by atoms with Crippen molar-refractivity contribution in [3.05, 3.63) is 29.8 Å². The van der Waals surface area contributed by atoms with E-state index in [1.807, 2.05) is 31.2 Å². The molecule has 1 saturated carbocycles. The fourth-order valence-electron chi connectivity index (χ4n) is 2.29. The Morgan fingerprint density at radius 3 is 2.50 bits per heavy atom. The molecular formula is C14H16ClNOS. The van der Waals surface area contributed by atoms with Crippen LogP contribution in [-0.2, 0) is 10.8 Å². The van der Waals surface area contributed by atoms with Crippen molar-refractivity contribution < 1.29 is 4.21 Å². The first-order valence-electron chi connectivity index (χ1n) is 6.07. The highest BCUT2D eigenvalue weighted by molar-refractivity contribution is 7.87. The molecule has 0 heterocycles. The van der Waals surface area contributed by atoms with Gasteiger partial charge in [0.05, 0.1) is 16.9 Å². The van der Waals surface area contributed by atoms with Crippen LogP contribution < -0.4 is 0 Å². The Morgan fingerprint density at radius 2 is 2.06 bits per heavy atom. The Morgan fingerprint density at radius 1 is 1.44 bits per heavy atom. The number of benzene rings is 1. The van der Waals surface area contributed by atoms with Crippen molar-refractivity contribution >= 4 is 22.4 Å². The highest BCUT2D eigenvalue weighted by Crippen LogP contribution is 2.50. The highest BCUT2D eigenvalue weighted by Gasteiger charge is 2.46. The standard InChI is InChI=1S/C14H16ClNOS/c1-11-3-5-12(6-4-11)18(17)13(15)14(9-10-16)7-2-8-14/h3-6,13H,2,7-9H2,1H3. The van der Waals surface area contributed by atoms with Gasteiger partial charge in [0.25, 0.3) is 0 Å². The molecule has 0 aliphatic heterocycles. The first-order valence-corrected chi connectivity index (χ1v) is 7.72. The first-order chi connectivity index (χ1) is 8.59. The lowest BCUT2D eigenvalue weighted by molar-refractivity contribution is 0.160. The van der Waals surface area contributed by atoms with Gasteiger partial charge in [-0.05, 0) is 31.9 Å². The molecule has 2 atom stereocenters. The first kappa shape index (κ1) is 13.6. The van der Waals surface area contributed by atoms with Crippen LogP contribution >= 0.6 is 11.6 Å². The number of halogens is 1. The predicted octanol–water partition coefficient (Wildman–Crippen LogP) is 3.75. The van der Waals surface area contributed by atoms with Crippen LogP contribution in [0.4, 0.5) is 0 Å². The van der Waals surface area contributed by atoms with Crippen LogP contribution in [0.15, 0.2) is 29.2 Å². The van der Waals surface area contributed by atoms with Gasteiger partial charge in [0.2, 0.25) is 0 Å². The van der Waals surface area contributed by atoms with Crippen LogP contribution in [0.25, 0.3) is 0 Å². The molecular weight excluding hydrogens is 266 g/mol. The molecule has 1 fully saturated rings. The molecule has 0 aromatic heterocycles. The lowest BCUT2D eigenvalue weighted by Crippen LogP contribution is -2.40. The van der Waals surface area contributed by atoms with Crippen LogP contribution in [0.3, 0.4) is 0 Å². The van der Waals surface area contributed by atoms with Crippen LogP contribution in [0.2, 0.25) is 0 Å². The third-order valence-corrected chi connectivity index (χ3v) is 6.26. The zero-order valence-electron chi connectivity index (χ0n) is 10.4. The summed E-state index contributed by atoms with van der Waals surface area (Å²) in [5.74, 6) is 0. The minimum Gasteiger partial charge on any atom is -0.253 e. The van der Waals surface area contributed by atoms with Gasteiger partial charge < -0.3 is 0 Å². The molecule has 18 heavy (non-hydrogen) atoms. The van der Waals surface area contributed by atoms with E-state index >= 15 is 0 Å². The summed E-state index contributed by atoms with van der Waals surface area (Å²) in [6, 6.07) is 9.79. The van der Waals surface area contributed by atoms with Crippen molar-refractivity contribution in [2.24, 2.45) is 5.41 Å². The van der Waals surface area contributed by atoms with Gasteiger partial charge in [0, 0.05) is 16.7 Å². The maximum absolute atomic E-state index is 12.4. The second-order valence-corrected chi connectivity index (χ2v) is 7.21. The Kier molecular flexibility index (Phi) is 4.09. The Balaban J connectivity index is 2.18. The molecule has 4 heteroatoms. The Labute approximate surface area is 115 Å². The van der Waals surface area contributed by atoms with Gasteiger partial charge >= 0.3 is 0 Å². The molecule has 1 aliphatic carbocycles. The van der Waals surface area contributed by atoms with Gasteiger partial charge in [-0.25, -0.2) is 0 Å². The summed E-state index contributed by atoms with van der Waals surface area (Å²) in [7, 11) is -1.24. The normalized spacial score (nSPS) is 20.5. The lowest BCUT2D eigenvalue weighted by atomic mass is 9.68. The number of rotatable bonds is 4. The van der Waals surface area contributed by atoms with E-state index in [-0.39, 0.29) is 5.41 Å². The summed E-state index contributed by atoms with van der Waals surface area (Å²) in [5.41, 5.74) is 0.892. The number of alkyl halides is 1. The number of hydrogen-bond acceptors (Lipinski definition) is 2. The number of nitrogens with zero attached hydrogens (tertiary/aromatic N) is 1. The van der Waals surface area contributed by atoms with Gasteiger partial charge in [0.1, 0.15) is 4.71 Å². The SMILES string of the molecule is Cc1ccc(S(=O)C(Cl)C2(CC#N)CCC2)cc1. The minimum atomic E-state index is -1.24. The molecule has 0 saturated heterocycles. The molecule has 1 aromatic rings. The monoisotopic (exact) mass is 281 g/mol. The Bertz CT molecular complexity index is 488. The summed E-state index contributed by atoms with van der Waals surface area (Å²) in [6.07, 6.45) is 3.30. The van der Waals surface area contributed by atoms with E-state index in [2.05, 4.69) is 6.07 Å². The third kappa shape index (κ3) is 2.46. The van der Waals surface area contributed by atoms with Crippen LogP contribution in [0, 0.1) is 23.7 Å². The molecule has 2 unspecified atom stereocenters. The van der Waals surface area contributed by atoms with Crippen LogP contribution in [0.1, 0.15) is 31.2 Å². The van der Waals surface area contributed by atoms with Crippen molar-refractivity contribution in [3.63, 3.8) is 0 Å². The van der Waals surface area contributed by atoms with Gasteiger partial charge in [-0.3, -0.25) is 4.21 Å². The van der Waals surface area contributed by atoms with E-state index in [4.69, 9.17) is 16.9 Å². The van der Waals surface area contributed by atoms with Crippen LogP contribution in [-0.4, -0.2) is 8.92 Å². The largest absolute Gasteiger partial charge is 0.253 e. The van der Waals surface area contributed by atoms with Crippen molar-refractivity contribution in [3.8, 4) is 6.07 Å². The summed E-state index contributed by atoms with van der Waals surface area (Å²) in [5, 5.41) is 8.90. The summed E-state index contributed by atoms with van der Waals surface area (Å²) >= 11 is 6.39. The molecule has 2 rings (SSSR count). The second-order valence-electron chi connectivity index (χ2n) is 4.98. The third-order valence-electron chi connectivity index (χ3n) is 3.70. The lowest BCUT2D eigenvalue weighted by Gasteiger charge is -2.43. The summed E-state index contributed by atoms with van der Waals surface area (Å²) in [4.78, 5) is 0.754. The smallest absolute Gasteiger partial charge is 0.120 e. The number of hydrogen-bond donors (Lipinski definition) is 0. The van der Waals surface area contributed by atoms with Gasteiger partial charge in [-0.2, -0.15) is 5.26 Å². The number of aryl methyl sites for hydroxylation is 1. The molecule has 0 spiro atoms. The maximum atomic E-state index is 12.4. The van der Waals surface area contributed by atoms with E-state index in [1.54, 1.807) is 0 Å². The molecule has 0 N–H and O–H groups in total. The highest BCUT2D eigenvalue weighted by atomic mass is 35.5. The average Bonchev–Trinajstić information content (AvgIpc) is 2.33.